The molecule has 5 heteroatoms. The van der Waals surface area contributed by atoms with Crippen molar-refractivity contribution < 1.29 is 14.7 Å². The Morgan fingerprint density at radius 3 is 2.36 bits per heavy atom. The van der Waals surface area contributed by atoms with Crippen molar-refractivity contribution >= 4 is 17.5 Å². The summed E-state index contributed by atoms with van der Waals surface area (Å²) in [6, 6.07) is 16.1. The quantitative estimate of drug-likeness (QED) is 0.589. The number of rotatable bonds is 4. The van der Waals surface area contributed by atoms with Gasteiger partial charge in [0.1, 0.15) is 0 Å². The molecular weight excluding hydrogens is 316 g/mol. The lowest BCUT2D eigenvalue weighted by atomic mass is 10.1. The third-order valence-electron chi connectivity index (χ3n) is 3.55. The smallest absolute Gasteiger partial charge is 0.313 e. The van der Waals surface area contributed by atoms with Crippen molar-refractivity contribution in [1.29, 1.82) is 0 Å². The summed E-state index contributed by atoms with van der Waals surface area (Å²) in [4.78, 5) is 23.9. The van der Waals surface area contributed by atoms with Gasteiger partial charge in [0, 0.05) is 11.1 Å². The van der Waals surface area contributed by atoms with E-state index in [1.165, 1.54) is 0 Å². The SMILES string of the molecule is CCC(CO)NC(=O)C(=O)Nc1ccccc1C#Cc1ccccc1. The number of carbonyl (C=O) groups is 2. The molecule has 2 aromatic carbocycles. The Kier molecular flexibility index (Phi) is 6.76. The molecule has 2 aromatic rings. The highest BCUT2D eigenvalue weighted by molar-refractivity contribution is 6.39. The molecular formula is C20H20N2O3. The first-order valence-electron chi connectivity index (χ1n) is 8.02. The Morgan fingerprint density at radius 1 is 1.00 bits per heavy atom. The van der Waals surface area contributed by atoms with E-state index in [9.17, 15) is 9.59 Å². The van der Waals surface area contributed by atoms with Gasteiger partial charge in [-0.2, -0.15) is 0 Å². The molecule has 0 heterocycles. The fourth-order valence-electron chi connectivity index (χ4n) is 2.07. The Bertz CT molecular complexity index is 787. The van der Waals surface area contributed by atoms with Crippen LogP contribution in [0.2, 0.25) is 0 Å². The van der Waals surface area contributed by atoms with E-state index in [-0.39, 0.29) is 6.61 Å². The first-order chi connectivity index (χ1) is 12.1. The van der Waals surface area contributed by atoms with Gasteiger partial charge in [0.05, 0.1) is 18.3 Å². The molecule has 0 saturated carbocycles. The molecule has 0 fully saturated rings. The summed E-state index contributed by atoms with van der Waals surface area (Å²) in [7, 11) is 0. The maximum absolute atomic E-state index is 12.1. The fraction of sp³-hybridized carbons (Fsp3) is 0.200. The minimum absolute atomic E-state index is 0.214. The van der Waals surface area contributed by atoms with Gasteiger partial charge >= 0.3 is 11.8 Å². The third kappa shape index (κ3) is 5.48. The van der Waals surface area contributed by atoms with Crippen molar-refractivity contribution in [2.24, 2.45) is 0 Å². The second-order valence-electron chi connectivity index (χ2n) is 5.38. The lowest BCUT2D eigenvalue weighted by molar-refractivity contribution is -0.136. The highest BCUT2D eigenvalue weighted by Crippen LogP contribution is 2.14. The van der Waals surface area contributed by atoms with Crippen LogP contribution in [-0.4, -0.2) is 29.6 Å². The maximum Gasteiger partial charge on any atom is 0.313 e. The first-order valence-corrected chi connectivity index (χ1v) is 8.02. The van der Waals surface area contributed by atoms with E-state index < -0.39 is 17.9 Å². The van der Waals surface area contributed by atoms with E-state index in [2.05, 4.69) is 22.5 Å². The number of aliphatic hydroxyl groups is 1. The zero-order valence-corrected chi connectivity index (χ0v) is 14.0. The van der Waals surface area contributed by atoms with E-state index >= 15 is 0 Å². The number of aliphatic hydroxyl groups excluding tert-OH is 1. The number of nitrogens with one attached hydrogen (secondary N) is 2. The minimum atomic E-state index is -0.791. The summed E-state index contributed by atoms with van der Waals surface area (Å²) in [6.07, 6.45) is 0.536. The van der Waals surface area contributed by atoms with Crippen LogP contribution in [0.5, 0.6) is 0 Å². The van der Waals surface area contributed by atoms with Crippen LogP contribution in [0, 0.1) is 11.8 Å². The maximum atomic E-state index is 12.1. The van der Waals surface area contributed by atoms with Gasteiger partial charge < -0.3 is 15.7 Å². The number of hydrogen-bond acceptors (Lipinski definition) is 3. The van der Waals surface area contributed by atoms with Crippen LogP contribution < -0.4 is 10.6 Å². The van der Waals surface area contributed by atoms with E-state index in [4.69, 9.17) is 5.11 Å². The van der Waals surface area contributed by atoms with Gasteiger partial charge in [0.15, 0.2) is 0 Å². The predicted octanol–water partition coefficient (Wildman–Crippen LogP) is 1.91. The highest BCUT2D eigenvalue weighted by Gasteiger charge is 2.18. The number of hydrogen-bond donors (Lipinski definition) is 3. The Labute approximate surface area is 147 Å². The predicted molar refractivity (Wildman–Crippen MR) is 96.8 cm³/mol. The average molecular weight is 336 g/mol. The number of anilines is 1. The number of amides is 2. The van der Waals surface area contributed by atoms with Gasteiger partial charge in [-0.05, 0) is 30.7 Å². The molecule has 25 heavy (non-hydrogen) atoms. The molecule has 2 rings (SSSR count). The molecule has 0 aliphatic heterocycles. The third-order valence-corrected chi connectivity index (χ3v) is 3.55. The minimum Gasteiger partial charge on any atom is -0.394 e. The van der Waals surface area contributed by atoms with Crippen molar-refractivity contribution in [3.8, 4) is 11.8 Å². The molecule has 1 unspecified atom stereocenters. The van der Waals surface area contributed by atoms with E-state index in [0.717, 1.165) is 5.56 Å². The molecule has 0 aliphatic carbocycles. The highest BCUT2D eigenvalue weighted by atomic mass is 16.3. The summed E-state index contributed by atoms with van der Waals surface area (Å²) in [5.41, 5.74) is 1.93. The Hall–Kier alpha value is -3.10. The largest absolute Gasteiger partial charge is 0.394 e. The van der Waals surface area contributed by atoms with Gasteiger partial charge in [0.25, 0.3) is 0 Å². The summed E-state index contributed by atoms with van der Waals surface area (Å²) >= 11 is 0. The van der Waals surface area contributed by atoms with Crippen LogP contribution in [0.1, 0.15) is 24.5 Å². The lowest BCUT2D eigenvalue weighted by Crippen LogP contribution is -2.43. The topological polar surface area (TPSA) is 78.4 Å². The van der Waals surface area contributed by atoms with E-state index in [0.29, 0.717) is 17.7 Å². The molecule has 3 N–H and O–H groups in total. The van der Waals surface area contributed by atoms with Crippen molar-refractivity contribution in [3.63, 3.8) is 0 Å². The standard InChI is InChI=1S/C20H20N2O3/c1-2-17(14-23)21-19(24)20(25)22-18-11-7-6-10-16(18)13-12-15-8-4-3-5-9-15/h3-11,17,23H,2,14H2,1H3,(H,21,24)(H,22,25). The van der Waals surface area contributed by atoms with Gasteiger partial charge in [-0.1, -0.05) is 49.1 Å². The number of para-hydroxylation sites is 1. The normalized spacial score (nSPS) is 11.0. The van der Waals surface area contributed by atoms with Gasteiger partial charge in [-0.15, -0.1) is 0 Å². The first kappa shape index (κ1) is 18.2. The van der Waals surface area contributed by atoms with Crippen molar-refractivity contribution in [2.75, 3.05) is 11.9 Å². The van der Waals surface area contributed by atoms with Crippen LogP contribution in [0.15, 0.2) is 54.6 Å². The molecule has 2 amide bonds. The van der Waals surface area contributed by atoms with Crippen LogP contribution in [-0.2, 0) is 9.59 Å². The second-order valence-corrected chi connectivity index (χ2v) is 5.38. The monoisotopic (exact) mass is 336 g/mol. The zero-order valence-electron chi connectivity index (χ0n) is 14.0. The molecule has 5 nitrogen and oxygen atoms in total. The molecule has 0 spiro atoms. The van der Waals surface area contributed by atoms with E-state index in [1.807, 2.05) is 43.3 Å². The summed E-state index contributed by atoms with van der Waals surface area (Å²) < 4.78 is 0. The summed E-state index contributed by atoms with van der Waals surface area (Å²) in [5, 5.41) is 14.1. The number of benzene rings is 2. The van der Waals surface area contributed by atoms with Gasteiger partial charge in [-0.3, -0.25) is 9.59 Å². The molecule has 128 valence electrons. The Morgan fingerprint density at radius 2 is 1.68 bits per heavy atom. The van der Waals surface area contributed by atoms with Gasteiger partial charge in [0.2, 0.25) is 0 Å². The van der Waals surface area contributed by atoms with Crippen molar-refractivity contribution in [1.82, 2.24) is 5.32 Å². The van der Waals surface area contributed by atoms with Crippen molar-refractivity contribution in [2.45, 2.75) is 19.4 Å². The average Bonchev–Trinajstić information content (AvgIpc) is 2.66. The second kappa shape index (κ2) is 9.26. The fourth-order valence-corrected chi connectivity index (χ4v) is 2.07. The van der Waals surface area contributed by atoms with Crippen LogP contribution in [0.4, 0.5) is 5.69 Å². The van der Waals surface area contributed by atoms with Crippen LogP contribution >= 0.6 is 0 Å². The molecule has 0 bridgehead atoms. The molecule has 0 radical (unpaired) electrons. The summed E-state index contributed by atoms with van der Waals surface area (Å²) in [5.74, 6) is 4.44. The van der Waals surface area contributed by atoms with Crippen molar-refractivity contribution in [3.05, 3.63) is 65.7 Å². The lowest BCUT2D eigenvalue weighted by Gasteiger charge is -2.14. The van der Waals surface area contributed by atoms with Crippen LogP contribution in [0.25, 0.3) is 0 Å². The zero-order chi connectivity index (χ0) is 18.1. The van der Waals surface area contributed by atoms with Gasteiger partial charge in [-0.25, -0.2) is 0 Å². The Balaban J connectivity index is 2.12. The van der Waals surface area contributed by atoms with Crippen LogP contribution in [0.3, 0.4) is 0 Å². The molecule has 1 atom stereocenters. The number of carbonyl (C=O) groups excluding carboxylic acids is 2. The molecule has 0 saturated heterocycles. The molecule has 0 aliphatic rings. The molecule has 0 aromatic heterocycles. The van der Waals surface area contributed by atoms with E-state index in [1.54, 1.807) is 18.2 Å². The summed E-state index contributed by atoms with van der Waals surface area (Å²) in [6.45, 7) is 1.60.